The van der Waals surface area contributed by atoms with Crippen LogP contribution in [0.1, 0.15) is 0 Å². The van der Waals surface area contributed by atoms with Crippen LogP contribution in [0.4, 0.5) is 5.69 Å². The first-order chi connectivity index (χ1) is 15.5. The molecule has 32 heavy (non-hydrogen) atoms. The first-order valence-electron chi connectivity index (χ1n) is 9.90. The van der Waals surface area contributed by atoms with Gasteiger partial charge in [-0.25, -0.2) is 4.79 Å². The molecule has 0 unspecified atom stereocenters. The topological polar surface area (TPSA) is 103 Å². The second-order valence-electron chi connectivity index (χ2n) is 7.39. The van der Waals surface area contributed by atoms with Crippen LogP contribution in [0.3, 0.4) is 0 Å². The fourth-order valence-electron chi connectivity index (χ4n) is 3.87. The van der Waals surface area contributed by atoms with Crippen LogP contribution in [0, 0.1) is 0 Å². The van der Waals surface area contributed by atoms with E-state index in [1.54, 1.807) is 19.6 Å². The number of nitrogens with zero attached hydrogens (tertiary/aromatic N) is 1. The second-order valence-corrected chi connectivity index (χ2v) is 7.39. The van der Waals surface area contributed by atoms with Crippen molar-refractivity contribution in [2.45, 2.75) is 0 Å². The third-order valence-electron chi connectivity index (χ3n) is 5.39. The van der Waals surface area contributed by atoms with Gasteiger partial charge in [0.25, 0.3) is 5.56 Å². The molecule has 2 heterocycles. The zero-order valence-corrected chi connectivity index (χ0v) is 17.2. The quantitative estimate of drug-likeness (QED) is 0.420. The number of rotatable bonds is 4. The zero-order valence-electron chi connectivity index (χ0n) is 17.2. The van der Waals surface area contributed by atoms with Gasteiger partial charge in [-0.2, -0.15) is 0 Å². The van der Waals surface area contributed by atoms with Gasteiger partial charge in [0.1, 0.15) is 5.75 Å². The highest BCUT2D eigenvalue weighted by Gasteiger charge is 2.17. The molecule has 3 N–H and O–H groups in total. The normalized spacial score (nSPS) is 11.0. The van der Waals surface area contributed by atoms with Crippen molar-refractivity contribution in [2.75, 3.05) is 12.8 Å². The number of fused-ring (bicyclic) bond motifs is 1. The van der Waals surface area contributed by atoms with Gasteiger partial charge in [-0.05, 0) is 52.7 Å². The lowest BCUT2D eigenvalue weighted by atomic mass is 9.95. The van der Waals surface area contributed by atoms with E-state index in [4.69, 9.17) is 14.9 Å². The number of nitrogens with two attached hydrogens (primary N) is 1. The fourth-order valence-corrected chi connectivity index (χ4v) is 3.87. The highest BCUT2D eigenvalue weighted by molar-refractivity contribution is 5.92. The average Bonchev–Trinajstić information content (AvgIpc) is 3.33. The molecule has 0 saturated heterocycles. The summed E-state index contributed by atoms with van der Waals surface area (Å²) in [4.78, 5) is 26.3. The van der Waals surface area contributed by atoms with E-state index in [1.165, 1.54) is 16.8 Å². The van der Waals surface area contributed by atoms with Crippen LogP contribution in [0.25, 0.3) is 38.7 Å². The summed E-state index contributed by atoms with van der Waals surface area (Å²) in [5.41, 5.74) is 9.46. The Morgan fingerprint density at radius 2 is 1.66 bits per heavy atom. The second kappa shape index (κ2) is 7.63. The summed E-state index contributed by atoms with van der Waals surface area (Å²) in [6.45, 7) is 0. The molecule has 0 atom stereocenters. The Morgan fingerprint density at radius 1 is 0.906 bits per heavy atom. The maximum absolute atomic E-state index is 12.5. The van der Waals surface area contributed by atoms with E-state index in [1.807, 2.05) is 54.6 Å². The minimum Gasteiger partial charge on any atom is -0.495 e. The van der Waals surface area contributed by atoms with Crippen LogP contribution in [0.15, 0.2) is 93.4 Å². The molecule has 0 saturated carbocycles. The van der Waals surface area contributed by atoms with Gasteiger partial charge < -0.3 is 14.9 Å². The van der Waals surface area contributed by atoms with Crippen molar-refractivity contribution in [3.63, 3.8) is 0 Å². The van der Waals surface area contributed by atoms with Gasteiger partial charge in [0.2, 0.25) is 0 Å². The molecule has 0 fully saturated rings. The number of nitrogens with one attached hydrogen (secondary N) is 1. The van der Waals surface area contributed by atoms with Crippen molar-refractivity contribution in [2.24, 2.45) is 0 Å². The third kappa shape index (κ3) is 3.35. The summed E-state index contributed by atoms with van der Waals surface area (Å²) >= 11 is 0. The summed E-state index contributed by atoms with van der Waals surface area (Å²) in [7, 11) is 1.61. The lowest BCUT2D eigenvalue weighted by Crippen LogP contribution is -2.27. The largest absolute Gasteiger partial charge is 0.495 e. The SMILES string of the molecule is COc1c(-c2ccoc2)cc(-n2ccc(=O)[nH]c2=O)cc1-c1ccc2cc(N)ccc2c1. The Balaban J connectivity index is 1.81. The molecule has 0 aliphatic rings. The van der Waals surface area contributed by atoms with E-state index in [2.05, 4.69) is 4.98 Å². The van der Waals surface area contributed by atoms with Crippen LogP contribution in [0.2, 0.25) is 0 Å². The fraction of sp³-hybridized carbons (Fsp3) is 0.0400. The number of nitrogen functional groups attached to an aromatic ring is 1. The van der Waals surface area contributed by atoms with Crippen LogP contribution in [0.5, 0.6) is 5.75 Å². The van der Waals surface area contributed by atoms with Crippen molar-refractivity contribution < 1.29 is 9.15 Å². The number of hydrogen-bond donors (Lipinski definition) is 2. The standard InChI is InChI=1S/C25H19N3O4/c1-31-24-21(17-3-2-16-11-19(26)5-4-15(16)10-17)12-20(13-22(24)18-7-9-32-14-18)28-8-6-23(29)27-25(28)30/h2-14H,26H2,1H3,(H,27,29,30). The lowest BCUT2D eigenvalue weighted by Gasteiger charge is -2.17. The number of anilines is 1. The molecule has 5 rings (SSSR count). The number of H-pyrrole nitrogens is 1. The molecule has 2 aromatic heterocycles. The molecule has 0 amide bonds. The molecule has 0 spiro atoms. The van der Waals surface area contributed by atoms with Crippen molar-refractivity contribution in [1.29, 1.82) is 0 Å². The summed E-state index contributed by atoms with van der Waals surface area (Å²) in [5, 5.41) is 2.05. The molecular weight excluding hydrogens is 406 g/mol. The summed E-state index contributed by atoms with van der Waals surface area (Å²) in [6.07, 6.45) is 4.65. The molecule has 5 aromatic rings. The van der Waals surface area contributed by atoms with Gasteiger partial charge >= 0.3 is 5.69 Å². The number of ether oxygens (including phenoxy) is 1. The van der Waals surface area contributed by atoms with Crippen molar-refractivity contribution >= 4 is 16.5 Å². The minimum absolute atomic E-state index is 0.455. The Kier molecular flexibility index (Phi) is 4.63. The number of benzene rings is 3. The predicted octanol–water partition coefficient (Wildman–Crippen LogP) is 4.20. The first-order valence-corrected chi connectivity index (χ1v) is 9.90. The van der Waals surface area contributed by atoms with Crippen LogP contribution < -0.4 is 21.7 Å². The van der Waals surface area contributed by atoms with Crippen LogP contribution in [-0.4, -0.2) is 16.7 Å². The van der Waals surface area contributed by atoms with Gasteiger partial charge in [-0.1, -0.05) is 18.2 Å². The number of aromatic amines is 1. The van der Waals surface area contributed by atoms with E-state index in [0.29, 0.717) is 17.1 Å². The highest BCUT2D eigenvalue weighted by Crippen LogP contribution is 2.41. The van der Waals surface area contributed by atoms with Gasteiger partial charge in [-0.3, -0.25) is 14.3 Å². The number of furan rings is 1. The molecule has 7 nitrogen and oxygen atoms in total. The molecule has 7 heteroatoms. The van der Waals surface area contributed by atoms with E-state index < -0.39 is 11.2 Å². The van der Waals surface area contributed by atoms with Gasteiger partial charge in [-0.15, -0.1) is 0 Å². The van der Waals surface area contributed by atoms with Gasteiger partial charge in [0.15, 0.2) is 0 Å². The summed E-state index contributed by atoms with van der Waals surface area (Å²) in [6, 6.07) is 18.6. The molecule has 0 bridgehead atoms. The number of hydrogen-bond acceptors (Lipinski definition) is 5. The Bertz CT molecular complexity index is 1560. The molecule has 0 radical (unpaired) electrons. The van der Waals surface area contributed by atoms with E-state index >= 15 is 0 Å². The van der Waals surface area contributed by atoms with Crippen molar-refractivity contribution in [3.05, 3.63) is 100 Å². The zero-order chi connectivity index (χ0) is 22.2. The molecule has 158 valence electrons. The monoisotopic (exact) mass is 425 g/mol. The number of methoxy groups -OCH3 is 1. The van der Waals surface area contributed by atoms with E-state index in [0.717, 1.165) is 33.0 Å². The Morgan fingerprint density at radius 3 is 2.38 bits per heavy atom. The highest BCUT2D eigenvalue weighted by atomic mass is 16.5. The summed E-state index contributed by atoms with van der Waals surface area (Å²) < 4.78 is 12.5. The van der Waals surface area contributed by atoms with Crippen LogP contribution >= 0.6 is 0 Å². The smallest absolute Gasteiger partial charge is 0.332 e. The predicted molar refractivity (Wildman–Crippen MR) is 124 cm³/mol. The third-order valence-corrected chi connectivity index (χ3v) is 5.39. The Labute approximate surface area is 182 Å². The first kappa shape index (κ1) is 19.4. The maximum Gasteiger partial charge on any atom is 0.332 e. The molecular formula is C25H19N3O4. The van der Waals surface area contributed by atoms with E-state index in [-0.39, 0.29) is 0 Å². The molecule has 3 aromatic carbocycles. The van der Waals surface area contributed by atoms with E-state index in [9.17, 15) is 9.59 Å². The molecule has 0 aliphatic heterocycles. The summed E-state index contributed by atoms with van der Waals surface area (Å²) in [5.74, 6) is 0.641. The minimum atomic E-state index is -0.527. The lowest BCUT2D eigenvalue weighted by molar-refractivity contribution is 0.418. The Hall–Kier alpha value is -4.52. The van der Waals surface area contributed by atoms with Crippen LogP contribution in [-0.2, 0) is 0 Å². The maximum atomic E-state index is 12.5. The average molecular weight is 425 g/mol. The van der Waals surface area contributed by atoms with Gasteiger partial charge in [0.05, 0.1) is 25.3 Å². The number of aromatic nitrogens is 2. The molecule has 0 aliphatic carbocycles. The van der Waals surface area contributed by atoms with Crippen molar-refractivity contribution in [1.82, 2.24) is 9.55 Å². The van der Waals surface area contributed by atoms with Crippen molar-refractivity contribution in [3.8, 4) is 33.7 Å². The van der Waals surface area contributed by atoms with Gasteiger partial charge in [0, 0.05) is 34.6 Å².